The lowest BCUT2D eigenvalue weighted by Crippen LogP contribution is -2.57. The first-order valence-electron chi connectivity index (χ1n) is 11.1. The number of likely N-dealkylation sites (tertiary alicyclic amines) is 1. The van der Waals surface area contributed by atoms with E-state index in [1.165, 1.54) is 12.8 Å². The number of rotatable bonds is 4. The fraction of sp³-hybridized carbons (Fsp3) is 0.538. The minimum absolute atomic E-state index is 0.236. The van der Waals surface area contributed by atoms with E-state index in [0.29, 0.717) is 12.2 Å². The highest BCUT2D eigenvalue weighted by Crippen LogP contribution is 2.39. The second kappa shape index (κ2) is 13.2. The zero-order valence-corrected chi connectivity index (χ0v) is 19.7. The number of likely N-dealkylation sites (N-methyl/N-ethyl adjacent to an activating group) is 1. The van der Waals surface area contributed by atoms with Crippen LogP contribution in [-0.4, -0.2) is 43.2 Å². The van der Waals surface area contributed by atoms with Gasteiger partial charge in [0.25, 0.3) is 0 Å². The van der Waals surface area contributed by atoms with Crippen LogP contribution in [0.3, 0.4) is 0 Å². The number of allylic oxidation sites excluding steroid dienone is 4. The van der Waals surface area contributed by atoms with E-state index >= 15 is 0 Å². The number of hydrogen-bond donors (Lipinski definition) is 0. The molecule has 0 aromatic heterocycles. The molecule has 4 heteroatoms. The highest BCUT2D eigenvalue weighted by Gasteiger charge is 2.46. The summed E-state index contributed by atoms with van der Waals surface area (Å²) < 4.78 is 5.25. The van der Waals surface area contributed by atoms with Crippen molar-refractivity contribution < 1.29 is 14.3 Å². The van der Waals surface area contributed by atoms with E-state index in [1.54, 1.807) is 7.11 Å². The third-order valence-electron chi connectivity index (χ3n) is 5.83. The molecule has 0 radical (unpaired) electrons. The topological polar surface area (TPSA) is 46.6 Å². The van der Waals surface area contributed by atoms with Gasteiger partial charge in [0.2, 0.25) is 0 Å². The van der Waals surface area contributed by atoms with E-state index in [0.717, 1.165) is 54.5 Å². The molecule has 1 fully saturated rings. The number of carbonyl (C=O) groups is 2. The van der Waals surface area contributed by atoms with Gasteiger partial charge in [0.1, 0.15) is 12.0 Å². The molecule has 1 aromatic carbocycles. The first-order chi connectivity index (χ1) is 14.5. The van der Waals surface area contributed by atoms with Crippen molar-refractivity contribution in [3.8, 4) is 5.75 Å². The molecule has 1 atom stereocenters. The fourth-order valence-corrected chi connectivity index (χ4v) is 4.07. The van der Waals surface area contributed by atoms with E-state index < -0.39 is 0 Å². The average Bonchev–Trinajstić information content (AvgIpc) is 2.78. The summed E-state index contributed by atoms with van der Waals surface area (Å²) in [5, 5.41) is 0. The molecule has 3 rings (SSSR count). The Hall–Kier alpha value is -2.20. The highest BCUT2D eigenvalue weighted by molar-refractivity contribution is 6.05. The van der Waals surface area contributed by atoms with Crippen molar-refractivity contribution in [3.05, 3.63) is 53.1 Å². The predicted molar refractivity (Wildman–Crippen MR) is 125 cm³/mol. The number of ether oxygens (including phenoxy) is 1. The number of piperidine rings is 1. The summed E-state index contributed by atoms with van der Waals surface area (Å²) in [6.45, 7) is 8.93. The second-order valence-corrected chi connectivity index (χ2v) is 7.67. The number of hydrogen-bond acceptors (Lipinski definition) is 4. The molecule has 1 saturated heterocycles. The Labute approximate surface area is 183 Å². The van der Waals surface area contributed by atoms with Crippen LogP contribution in [0.2, 0.25) is 0 Å². The summed E-state index contributed by atoms with van der Waals surface area (Å²) >= 11 is 0. The van der Waals surface area contributed by atoms with Crippen molar-refractivity contribution in [3.63, 3.8) is 0 Å². The van der Waals surface area contributed by atoms with Crippen LogP contribution in [0.4, 0.5) is 0 Å². The van der Waals surface area contributed by atoms with Crippen LogP contribution in [-0.2, 0) is 11.2 Å². The summed E-state index contributed by atoms with van der Waals surface area (Å²) in [5.41, 5.74) is 2.91. The van der Waals surface area contributed by atoms with Crippen LogP contribution in [0.15, 0.2) is 42.0 Å². The molecule has 166 valence electrons. The molecule has 1 aromatic rings. The number of nitrogens with zero attached hydrogens (tertiary/aromatic N) is 1. The smallest absolute Gasteiger partial charge is 0.183 e. The van der Waals surface area contributed by atoms with Gasteiger partial charge in [-0.15, -0.1) is 0 Å². The molecule has 30 heavy (non-hydrogen) atoms. The Kier molecular flexibility index (Phi) is 11.3. The number of benzene rings is 1. The number of Topliss-reactive ketones (excluding diaryl/α,β-unsaturated/α-hetero) is 1. The first-order valence-corrected chi connectivity index (χ1v) is 11.1. The summed E-state index contributed by atoms with van der Waals surface area (Å²) in [7, 11) is 3.77. The van der Waals surface area contributed by atoms with Gasteiger partial charge in [-0.1, -0.05) is 37.6 Å². The zero-order chi connectivity index (χ0) is 22.6. The van der Waals surface area contributed by atoms with Crippen molar-refractivity contribution in [2.45, 2.75) is 71.8 Å². The van der Waals surface area contributed by atoms with E-state index in [1.807, 2.05) is 64.1 Å². The third kappa shape index (κ3) is 6.40. The van der Waals surface area contributed by atoms with Gasteiger partial charge < -0.3 is 9.53 Å². The molecule has 0 bridgehead atoms. The minimum Gasteiger partial charge on any atom is -0.497 e. The number of carbonyl (C=O) groups excluding carboxylic acids is 2. The second-order valence-electron chi connectivity index (χ2n) is 7.67. The van der Waals surface area contributed by atoms with Crippen LogP contribution in [0.5, 0.6) is 5.75 Å². The maximum atomic E-state index is 12.9. The summed E-state index contributed by atoms with van der Waals surface area (Å²) in [6.07, 6.45) is 12.6. The van der Waals surface area contributed by atoms with E-state index in [2.05, 4.69) is 11.9 Å². The molecule has 1 spiro atoms. The Bertz CT molecular complexity index is 751. The normalized spacial score (nSPS) is 21.3. The van der Waals surface area contributed by atoms with Crippen molar-refractivity contribution in [2.75, 3.05) is 20.7 Å². The van der Waals surface area contributed by atoms with Crippen LogP contribution < -0.4 is 4.74 Å². The molecule has 1 aliphatic heterocycles. The van der Waals surface area contributed by atoms with Crippen molar-refractivity contribution in [2.24, 2.45) is 0 Å². The molecule has 0 N–H and O–H groups in total. The van der Waals surface area contributed by atoms with E-state index in [9.17, 15) is 9.59 Å². The van der Waals surface area contributed by atoms with Gasteiger partial charge in [-0.2, -0.15) is 0 Å². The molecular formula is C26H39NO3. The van der Waals surface area contributed by atoms with Crippen molar-refractivity contribution in [1.82, 2.24) is 4.90 Å². The third-order valence-corrected chi connectivity index (χ3v) is 5.83. The maximum absolute atomic E-state index is 12.9. The molecular weight excluding hydrogens is 374 g/mol. The highest BCUT2D eigenvalue weighted by atomic mass is 16.5. The van der Waals surface area contributed by atoms with Gasteiger partial charge in [-0.3, -0.25) is 9.69 Å². The lowest BCUT2D eigenvalue weighted by atomic mass is 9.71. The number of ketones is 1. The lowest BCUT2D eigenvalue weighted by molar-refractivity contribution is -0.107. The van der Waals surface area contributed by atoms with Crippen LogP contribution in [0.1, 0.15) is 75.7 Å². The Balaban J connectivity index is 0.000000349. The minimum atomic E-state index is -0.236. The molecule has 1 heterocycles. The van der Waals surface area contributed by atoms with Gasteiger partial charge in [0.05, 0.1) is 12.6 Å². The molecule has 0 amide bonds. The van der Waals surface area contributed by atoms with Crippen molar-refractivity contribution >= 4 is 12.1 Å². The van der Waals surface area contributed by atoms with Gasteiger partial charge in [-0.05, 0) is 83.3 Å². The number of aldehydes is 1. The molecule has 2 aliphatic rings. The average molecular weight is 414 g/mol. The Morgan fingerprint density at radius 1 is 1.23 bits per heavy atom. The fourth-order valence-electron chi connectivity index (χ4n) is 4.07. The molecule has 0 saturated carbocycles. The van der Waals surface area contributed by atoms with Crippen LogP contribution in [0, 0.1) is 0 Å². The van der Waals surface area contributed by atoms with Gasteiger partial charge in [-0.25, -0.2) is 0 Å². The predicted octanol–water partition coefficient (Wildman–Crippen LogP) is 5.80. The number of fused-ring (bicyclic) bond motifs is 1. The quantitative estimate of drug-likeness (QED) is 0.462. The maximum Gasteiger partial charge on any atom is 0.183 e. The monoisotopic (exact) mass is 413 g/mol. The van der Waals surface area contributed by atoms with Gasteiger partial charge >= 0.3 is 0 Å². The number of methoxy groups -OCH3 is 1. The Morgan fingerprint density at radius 2 is 1.97 bits per heavy atom. The molecule has 1 aliphatic carbocycles. The summed E-state index contributed by atoms with van der Waals surface area (Å²) in [5.74, 6) is 1.16. The van der Waals surface area contributed by atoms with Crippen LogP contribution in [0.25, 0.3) is 0 Å². The largest absolute Gasteiger partial charge is 0.497 e. The zero-order valence-electron chi connectivity index (χ0n) is 19.7. The van der Waals surface area contributed by atoms with E-state index in [-0.39, 0.29) is 5.54 Å². The van der Waals surface area contributed by atoms with Gasteiger partial charge in [0, 0.05) is 12.0 Å². The standard InChI is InChI=1S/C16H21NO2.C8H12O.C2H6/c1-17-10-4-3-8-16(17)9-7-12-11-13(19-2)5-6-14(12)15(16)18;1-3-4-5-8(2)6-7-9;1-2/h5-6,11H,3-4,7-10H2,1-2H3;3-5,7H,6H2,1-2H3;1-2H3/b;4-3-,8-5+;. The summed E-state index contributed by atoms with van der Waals surface area (Å²) in [6, 6.07) is 5.86. The number of aryl methyl sites for hydroxylation is 1. The lowest BCUT2D eigenvalue weighted by Gasteiger charge is -2.46. The van der Waals surface area contributed by atoms with Crippen LogP contribution >= 0.6 is 0 Å². The Morgan fingerprint density at radius 3 is 2.57 bits per heavy atom. The van der Waals surface area contributed by atoms with E-state index in [4.69, 9.17) is 4.74 Å². The molecule has 4 nitrogen and oxygen atoms in total. The van der Waals surface area contributed by atoms with Gasteiger partial charge in [0.15, 0.2) is 5.78 Å². The first kappa shape index (κ1) is 25.8. The summed E-state index contributed by atoms with van der Waals surface area (Å²) in [4.78, 5) is 25.1. The van der Waals surface area contributed by atoms with Crippen molar-refractivity contribution in [1.29, 1.82) is 0 Å². The molecule has 1 unspecified atom stereocenters. The SMILES string of the molecule is C/C=C\C=C(/C)CC=O.CC.COc1ccc2c(c1)CCC1(CCCCN1C)C2=O.